The summed E-state index contributed by atoms with van der Waals surface area (Å²) in [6, 6.07) is 6.97. The van der Waals surface area contributed by atoms with E-state index in [2.05, 4.69) is 5.32 Å². The SMILES string of the molecule is CC1(C)CC(Nc2ccccc2[N+](=O)[O-])CCO1. The predicted octanol–water partition coefficient (Wildman–Crippen LogP) is 2.96. The Morgan fingerprint density at radius 1 is 1.44 bits per heavy atom. The van der Waals surface area contributed by atoms with Crippen molar-refractivity contribution < 1.29 is 9.66 Å². The van der Waals surface area contributed by atoms with Gasteiger partial charge in [-0.2, -0.15) is 0 Å². The standard InChI is InChI=1S/C13H18N2O3/c1-13(2)9-10(7-8-18-13)14-11-5-3-4-6-12(11)15(16)17/h3-6,10,14H,7-9H2,1-2H3. The number of hydrogen-bond acceptors (Lipinski definition) is 4. The minimum absolute atomic E-state index is 0.127. The number of nitrogens with one attached hydrogen (secondary N) is 1. The number of benzene rings is 1. The maximum absolute atomic E-state index is 10.9. The second-order valence-electron chi connectivity index (χ2n) is 5.22. The van der Waals surface area contributed by atoms with E-state index in [1.54, 1.807) is 18.2 Å². The lowest BCUT2D eigenvalue weighted by molar-refractivity contribution is -0.384. The summed E-state index contributed by atoms with van der Waals surface area (Å²) in [5, 5.41) is 14.2. The minimum atomic E-state index is -0.354. The second kappa shape index (κ2) is 4.94. The molecule has 1 saturated heterocycles. The van der Waals surface area contributed by atoms with E-state index in [1.165, 1.54) is 6.07 Å². The van der Waals surface area contributed by atoms with Crippen LogP contribution in [0.15, 0.2) is 24.3 Å². The molecule has 1 aliphatic rings. The van der Waals surface area contributed by atoms with Gasteiger partial charge in [0.05, 0.1) is 10.5 Å². The Labute approximate surface area is 106 Å². The largest absolute Gasteiger partial charge is 0.377 e. The number of nitrogens with zero attached hydrogens (tertiary/aromatic N) is 1. The molecule has 1 fully saturated rings. The zero-order chi connectivity index (χ0) is 13.2. The summed E-state index contributed by atoms with van der Waals surface area (Å²) in [6.45, 7) is 4.77. The molecule has 1 aliphatic heterocycles. The average Bonchev–Trinajstić information content (AvgIpc) is 2.28. The first-order valence-corrected chi connectivity index (χ1v) is 6.12. The van der Waals surface area contributed by atoms with E-state index >= 15 is 0 Å². The lowest BCUT2D eigenvalue weighted by Crippen LogP contribution is -2.40. The Bertz CT molecular complexity index is 446. The number of nitro groups is 1. The Balaban J connectivity index is 2.12. The van der Waals surface area contributed by atoms with Crippen LogP contribution in [0.3, 0.4) is 0 Å². The van der Waals surface area contributed by atoms with Gasteiger partial charge in [0.15, 0.2) is 0 Å². The molecule has 1 N–H and O–H groups in total. The van der Waals surface area contributed by atoms with Gasteiger partial charge in [-0.25, -0.2) is 0 Å². The van der Waals surface area contributed by atoms with Crippen LogP contribution in [0, 0.1) is 10.1 Å². The number of nitro benzene ring substituents is 1. The molecule has 18 heavy (non-hydrogen) atoms. The van der Waals surface area contributed by atoms with Crippen LogP contribution in [0.25, 0.3) is 0 Å². The Morgan fingerprint density at radius 2 is 2.17 bits per heavy atom. The van der Waals surface area contributed by atoms with Crippen LogP contribution in [0.5, 0.6) is 0 Å². The highest BCUT2D eigenvalue weighted by Crippen LogP contribution is 2.29. The molecule has 1 aromatic carbocycles. The molecule has 0 radical (unpaired) electrons. The maximum Gasteiger partial charge on any atom is 0.292 e. The molecule has 2 rings (SSSR count). The third-order valence-electron chi connectivity index (χ3n) is 3.16. The van der Waals surface area contributed by atoms with Crippen molar-refractivity contribution >= 4 is 11.4 Å². The van der Waals surface area contributed by atoms with Crippen molar-refractivity contribution in [3.05, 3.63) is 34.4 Å². The molecule has 1 heterocycles. The smallest absolute Gasteiger partial charge is 0.292 e. The summed E-state index contributed by atoms with van der Waals surface area (Å²) in [6.07, 6.45) is 1.72. The summed E-state index contributed by atoms with van der Waals surface area (Å²) in [7, 11) is 0. The van der Waals surface area contributed by atoms with Gasteiger partial charge in [0.25, 0.3) is 5.69 Å². The Kier molecular flexibility index (Phi) is 3.52. The van der Waals surface area contributed by atoms with Crippen LogP contribution in [-0.2, 0) is 4.74 Å². The molecular formula is C13H18N2O3. The number of ether oxygens (including phenoxy) is 1. The fourth-order valence-corrected chi connectivity index (χ4v) is 2.33. The lowest BCUT2D eigenvalue weighted by Gasteiger charge is -2.36. The van der Waals surface area contributed by atoms with Crippen molar-refractivity contribution in [3.8, 4) is 0 Å². The quantitative estimate of drug-likeness (QED) is 0.661. The summed E-state index contributed by atoms with van der Waals surface area (Å²) in [5.41, 5.74) is 0.548. The van der Waals surface area contributed by atoms with Gasteiger partial charge < -0.3 is 10.1 Å². The van der Waals surface area contributed by atoms with Gasteiger partial charge in [-0.15, -0.1) is 0 Å². The van der Waals surface area contributed by atoms with Crippen LogP contribution in [-0.4, -0.2) is 23.2 Å². The molecule has 98 valence electrons. The van der Waals surface area contributed by atoms with Gasteiger partial charge in [-0.3, -0.25) is 10.1 Å². The van der Waals surface area contributed by atoms with Gasteiger partial charge in [0.1, 0.15) is 5.69 Å². The van der Waals surface area contributed by atoms with Crippen LogP contribution in [0.2, 0.25) is 0 Å². The third-order valence-corrected chi connectivity index (χ3v) is 3.16. The fourth-order valence-electron chi connectivity index (χ4n) is 2.33. The molecule has 5 nitrogen and oxygen atoms in total. The van der Waals surface area contributed by atoms with Gasteiger partial charge in [0.2, 0.25) is 0 Å². The lowest BCUT2D eigenvalue weighted by atomic mass is 9.94. The molecule has 1 atom stereocenters. The molecular weight excluding hydrogens is 232 g/mol. The predicted molar refractivity (Wildman–Crippen MR) is 69.8 cm³/mol. The van der Waals surface area contributed by atoms with E-state index in [4.69, 9.17) is 4.74 Å². The van der Waals surface area contributed by atoms with Crippen molar-refractivity contribution in [1.29, 1.82) is 0 Å². The number of para-hydroxylation sites is 2. The average molecular weight is 250 g/mol. The van der Waals surface area contributed by atoms with Crippen LogP contribution < -0.4 is 5.32 Å². The molecule has 1 unspecified atom stereocenters. The van der Waals surface area contributed by atoms with Gasteiger partial charge >= 0.3 is 0 Å². The first-order valence-electron chi connectivity index (χ1n) is 6.12. The van der Waals surface area contributed by atoms with E-state index in [-0.39, 0.29) is 22.3 Å². The molecule has 5 heteroatoms. The number of anilines is 1. The van der Waals surface area contributed by atoms with Crippen LogP contribution in [0.4, 0.5) is 11.4 Å². The summed E-state index contributed by atoms with van der Waals surface area (Å²) in [4.78, 5) is 10.6. The normalized spacial score (nSPS) is 22.4. The monoisotopic (exact) mass is 250 g/mol. The van der Waals surface area contributed by atoms with Crippen LogP contribution in [0.1, 0.15) is 26.7 Å². The van der Waals surface area contributed by atoms with Gasteiger partial charge in [-0.1, -0.05) is 12.1 Å². The van der Waals surface area contributed by atoms with Crippen molar-refractivity contribution in [2.45, 2.75) is 38.3 Å². The molecule has 0 saturated carbocycles. The fraction of sp³-hybridized carbons (Fsp3) is 0.538. The van der Waals surface area contributed by atoms with E-state index in [0.717, 1.165) is 12.8 Å². The van der Waals surface area contributed by atoms with Crippen LogP contribution >= 0.6 is 0 Å². The van der Waals surface area contributed by atoms with E-state index in [1.807, 2.05) is 13.8 Å². The Hall–Kier alpha value is -1.62. The zero-order valence-corrected chi connectivity index (χ0v) is 10.7. The summed E-state index contributed by atoms with van der Waals surface area (Å²) < 4.78 is 5.64. The highest BCUT2D eigenvalue weighted by Gasteiger charge is 2.29. The van der Waals surface area contributed by atoms with Crippen molar-refractivity contribution in [2.24, 2.45) is 0 Å². The molecule has 0 amide bonds. The third kappa shape index (κ3) is 2.98. The highest BCUT2D eigenvalue weighted by atomic mass is 16.6. The topological polar surface area (TPSA) is 64.4 Å². The summed E-state index contributed by atoms with van der Waals surface area (Å²) >= 11 is 0. The highest BCUT2D eigenvalue weighted by molar-refractivity contribution is 5.61. The molecule has 0 bridgehead atoms. The zero-order valence-electron chi connectivity index (χ0n) is 10.7. The molecule has 1 aromatic rings. The number of rotatable bonds is 3. The first-order chi connectivity index (χ1) is 8.48. The van der Waals surface area contributed by atoms with Crippen molar-refractivity contribution in [2.75, 3.05) is 11.9 Å². The van der Waals surface area contributed by atoms with E-state index < -0.39 is 0 Å². The minimum Gasteiger partial charge on any atom is -0.377 e. The number of hydrogen-bond donors (Lipinski definition) is 1. The first kappa shape index (κ1) is 12.8. The molecule has 0 aromatic heterocycles. The van der Waals surface area contributed by atoms with Gasteiger partial charge in [-0.05, 0) is 32.8 Å². The molecule has 0 aliphatic carbocycles. The van der Waals surface area contributed by atoms with Crippen molar-refractivity contribution in [1.82, 2.24) is 0 Å². The van der Waals surface area contributed by atoms with Crippen molar-refractivity contribution in [3.63, 3.8) is 0 Å². The summed E-state index contributed by atoms with van der Waals surface area (Å²) in [5.74, 6) is 0. The maximum atomic E-state index is 10.9. The van der Waals surface area contributed by atoms with Gasteiger partial charge in [0, 0.05) is 18.7 Å². The molecule has 0 spiro atoms. The Morgan fingerprint density at radius 3 is 2.83 bits per heavy atom. The van der Waals surface area contributed by atoms with E-state index in [9.17, 15) is 10.1 Å². The second-order valence-corrected chi connectivity index (χ2v) is 5.22. The van der Waals surface area contributed by atoms with E-state index in [0.29, 0.717) is 12.3 Å².